The van der Waals surface area contributed by atoms with Crippen LogP contribution < -0.4 is 0 Å². The van der Waals surface area contributed by atoms with Gasteiger partial charge in [0.05, 0.1) is 30.3 Å². The van der Waals surface area contributed by atoms with Crippen LogP contribution in [0.15, 0.2) is 35.0 Å². The molecule has 2 amide bonds. The van der Waals surface area contributed by atoms with Gasteiger partial charge >= 0.3 is 0 Å². The van der Waals surface area contributed by atoms with Gasteiger partial charge in [-0.05, 0) is 31.9 Å². The molecule has 2 aromatic rings. The Labute approximate surface area is 152 Å². The van der Waals surface area contributed by atoms with Crippen molar-refractivity contribution in [3.8, 4) is 0 Å². The first kappa shape index (κ1) is 16.8. The van der Waals surface area contributed by atoms with Crippen molar-refractivity contribution in [2.75, 3.05) is 13.1 Å². The molecule has 2 bridgehead atoms. The minimum atomic E-state index is -0.127. The number of aromatic nitrogens is 2. The van der Waals surface area contributed by atoms with Crippen molar-refractivity contribution >= 4 is 11.8 Å². The van der Waals surface area contributed by atoms with Gasteiger partial charge in [0.2, 0.25) is 11.8 Å². The van der Waals surface area contributed by atoms with E-state index in [-0.39, 0.29) is 30.2 Å². The van der Waals surface area contributed by atoms with Gasteiger partial charge in [-0.3, -0.25) is 14.6 Å². The maximum absolute atomic E-state index is 12.9. The van der Waals surface area contributed by atoms with Crippen LogP contribution >= 0.6 is 0 Å². The van der Waals surface area contributed by atoms with Gasteiger partial charge < -0.3 is 14.3 Å². The zero-order chi connectivity index (χ0) is 18.1. The molecule has 3 aliphatic heterocycles. The van der Waals surface area contributed by atoms with E-state index in [4.69, 9.17) is 4.52 Å². The largest absolute Gasteiger partial charge is 0.361 e. The van der Waals surface area contributed by atoms with Gasteiger partial charge in [-0.15, -0.1) is 0 Å². The van der Waals surface area contributed by atoms with Crippen LogP contribution in [0.25, 0.3) is 0 Å². The highest BCUT2D eigenvalue weighted by Gasteiger charge is 2.41. The van der Waals surface area contributed by atoms with Gasteiger partial charge in [-0.1, -0.05) is 11.2 Å². The fourth-order valence-electron chi connectivity index (χ4n) is 3.88. The van der Waals surface area contributed by atoms with Crippen molar-refractivity contribution in [2.45, 2.75) is 38.8 Å². The van der Waals surface area contributed by atoms with E-state index in [1.807, 2.05) is 34.9 Å². The number of hydrogen-bond acceptors (Lipinski definition) is 5. The Morgan fingerprint density at radius 2 is 2.19 bits per heavy atom. The second-order valence-electron chi connectivity index (χ2n) is 7.13. The third-order valence-electron chi connectivity index (χ3n) is 5.21. The fourth-order valence-corrected chi connectivity index (χ4v) is 3.88. The van der Waals surface area contributed by atoms with Crippen molar-refractivity contribution in [2.24, 2.45) is 5.92 Å². The fraction of sp³-hybridized carbons (Fsp3) is 0.474. The first-order valence-corrected chi connectivity index (χ1v) is 9.00. The summed E-state index contributed by atoms with van der Waals surface area (Å²) >= 11 is 0. The number of fused-ring (bicyclic) bond motifs is 4. The molecule has 0 saturated carbocycles. The molecule has 3 saturated heterocycles. The Morgan fingerprint density at radius 3 is 2.92 bits per heavy atom. The molecule has 3 aliphatic rings. The van der Waals surface area contributed by atoms with E-state index in [0.717, 1.165) is 24.2 Å². The molecule has 7 nitrogen and oxygen atoms in total. The third-order valence-corrected chi connectivity index (χ3v) is 5.21. The highest BCUT2D eigenvalue weighted by Crippen LogP contribution is 2.30. The topological polar surface area (TPSA) is 79.5 Å². The van der Waals surface area contributed by atoms with E-state index in [9.17, 15) is 9.59 Å². The second kappa shape index (κ2) is 6.90. The summed E-state index contributed by atoms with van der Waals surface area (Å²) in [6.45, 7) is 3.39. The SMILES string of the molecule is Cc1cc(CC(=O)N2C[C@@H]3CC[C@H](C2)N(Cc2ccccn2)C3=O)on1. The Hall–Kier alpha value is -2.70. The Kier molecular flexibility index (Phi) is 4.44. The van der Waals surface area contributed by atoms with Gasteiger partial charge in [0.1, 0.15) is 5.76 Å². The molecular weight excluding hydrogens is 332 g/mol. The van der Waals surface area contributed by atoms with Gasteiger partial charge in [0.25, 0.3) is 0 Å². The first-order chi connectivity index (χ1) is 12.6. The van der Waals surface area contributed by atoms with E-state index < -0.39 is 0 Å². The summed E-state index contributed by atoms with van der Waals surface area (Å²) in [6, 6.07) is 7.55. The van der Waals surface area contributed by atoms with Crippen LogP contribution in [0.1, 0.15) is 30.0 Å². The summed E-state index contributed by atoms with van der Waals surface area (Å²) in [5.41, 5.74) is 1.64. The van der Waals surface area contributed by atoms with Crippen LogP contribution in [0, 0.1) is 12.8 Å². The molecule has 2 aromatic heterocycles. The zero-order valence-electron chi connectivity index (χ0n) is 14.8. The Balaban J connectivity index is 1.48. The number of nitrogens with zero attached hydrogens (tertiary/aromatic N) is 4. The van der Waals surface area contributed by atoms with Crippen molar-refractivity contribution in [1.29, 1.82) is 0 Å². The van der Waals surface area contributed by atoms with E-state index >= 15 is 0 Å². The van der Waals surface area contributed by atoms with Crippen molar-refractivity contribution in [3.63, 3.8) is 0 Å². The average molecular weight is 354 g/mol. The highest BCUT2D eigenvalue weighted by molar-refractivity contribution is 5.83. The maximum Gasteiger partial charge on any atom is 0.230 e. The number of carbonyl (C=O) groups excluding carboxylic acids is 2. The number of rotatable bonds is 4. The number of hydrogen-bond donors (Lipinski definition) is 0. The lowest BCUT2D eigenvalue weighted by Crippen LogP contribution is -2.47. The average Bonchev–Trinajstić information content (AvgIpc) is 2.87. The van der Waals surface area contributed by atoms with Gasteiger partial charge in [-0.2, -0.15) is 0 Å². The van der Waals surface area contributed by atoms with E-state index in [1.165, 1.54) is 0 Å². The minimum Gasteiger partial charge on any atom is -0.361 e. The smallest absolute Gasteiger partial charge is 0.230 e. The van der Waals surface area contributed by atoms with Gasteiger partial charge in [0.15, 0.2) is 0 Å². The standard InChI is InChI=1S/C19H22N4O3/c1-13-8-17(26-21-13)9-18(24)22-10-14-5-6-16(12-22)23(19(14)25)11-15-4-2-3-7-20-15/h2-4,7-8,14,16H,5-6,9-12H2,1H3/t14-,16+/m0/s1. The molecule has 0 radical (unpaired) electrons. The van der Waals surface area contributed by atoms with Crippen LogP contribution in [0.2, 0.25) is 0 Å². The third kappa shape index (κ3) is 3.34. The van der Waals surface area contributed by atoms with Crippen molar-refractivity contribution in [3.05, 3.63) is 47.6 Å². The number of piperidine rings is 1. The summed E-state index contributed by atoms with van der Waals surface area (Å²) in [5, 5.41) is 3.83. The second-order valence-corrected chi connectivity index (χ2v) is 7.13. The van der Waals surface area contributed by atoms with Crippen LogP contribution in [0.5, 0.6) is 0 Å². The molecular formula is C19H22N4O3. The Bertz CT molecular complexity index is 804. The summed E-state index contributed by atoms with van der Waals surface area (Å²) in [4.78, 5) is 33.6. The molecule has 0 aromatic carbocycles. The number of amides is 2. The quantitative estimate of drug-likeness (QED) is 0.833. The van der Waals surface area contributed by atoms with E-state index in [2.05, 4.69) is 10.1 Å². The summed E-state index contributed by atoms with van der Waals surface area (Å²) in [6.07, 6.45) is 3.70. The molecule has 0 aliphatic carbocycles. The number of pyridine rings is 1. The molecule has 7 heteroatoms. The van der Waals surface area contributed by atoms with Crippen LogP contribution in [-0.2, 0) is 22.6 Å². The lowest BCUT2D eigenvalue weighted by molar-refractivity contribution is -0.140. The number of aryl methyl sites for hydroxylation is 1. The van der Waals surface area contributed by atoms with Crippen LogP contribution in [0.4, 0.5) is 0 Å². The summed E-state index contributed by atoms with van der Waals surface area (Å²) in [7, 11) is 0. The zero-order valence-corrected chi connectivity index (χ0v) is 14.8. The van der Waals surface area contributed by atoms with E-state index in [1.54, 1.807) is 12.3 Å². The van der Waals surface area contributed by atoms with Crippen molar-refractivity contribution in [1.82, 2.24) is 19.9 Å². The normalized spacial score (nSPS) is 22.6. The predicted octanol–water partition coefficient (Wildman–Crippen LogP) is 1.57. The summed E-state index contributed by atoms with van der Waals surface area (Å²) in [5.74, 6) is 0.571. The summed E-state index contributed by atoms with van der Waals surface area (Å²) < 4.78 is 5.16. The molecule has 0 N–H and O–H groups in total. The lowest BCUT2D eigenvalue weighted by atomic mass is 9.94. The van der Waals surface area contributed by atoms with Crippen LogP contribution in [-0.4, -0.2) is 50.9 Å². The van der Waals surface area contributed by atoms with E-state index in [0.29, 0.717) is 25.4 Å². The lowest BCUT2D eigenvalue weighted by Gasteiger charge is -2.35. The predicted molar refractivity (Wildman–Crippen MR) is 92.8 cm³/mol. The first-order valence-electron chi connectivity index (χ1n) is 9.00. The molecule has 0 spiro atoms. The minimum absolute atomic E-state index is 0.00876. The molecule has 136 valence electrons. The Morgan fingerprint density at radius 1 is 1.31 bits per heavy atom. The maximum atomic E-state index is 12.9. The van der Waals surface area contributed by atoms with Gasteiger partial charge in [0, 0.05) is 31.4 Å². The highest BCUT2D eigenvalue weighted by atomic mass is 16.5. The molecule has 5 rings (SSSR count). The monoisotopic (exact) mass is 354 g/mol. The molecule has 2 atom stereocenters. The van der Waals surface area contributed by atoms with Crippen LogP contribution in [0.3, 0.4) is 0 Å². The molecule has 5 heterocycles. The van der Waals surface area contributed by atoms with Crippen molar-refractivity contribution < 1.29 is 14.1 Å². The number of carbonyl (C=O) groups is 2. The molecule has 3 fully saturated rings. The van der Waals surface area contributed by atoms with Gasteiger partial charge in [-0.25, -0.2) is 0 Å². The molecule has 0 unspecified atom stereocenters. The molecule has 26 heavy (non-hydrogen) atoms.